The topological polar surface area (TPSA) is 55.1 Å². The lowest BCUT2D eigenvalue weighted by molar-refractivity contribution is -0.132. The molecule has 3 N–H and O–H groups in total. The standard InChI is InChI=1S/C14H28N2O/c1-4-14(5-2,10-15)13(17)16-11(3)12-8-6-7-9-12/h11-12H,4-10,15H2,1-3H3,(H,16,17)/t11-/m0/s1. The fraction of sp³-hybridized carbons (Fsp3) is 0.929. The number of amides is 1. The summed E-state index contributed by atoms with van der Waals surface area (Å²) in [5, 5.41) is 3.20. The number of rotatable bonds is 6. The molecule has 100 valence electrons. The Labute approximate surface area is 106 Å². The van der Waals surface area contributed by atoms with Crippen LogP contribution in [0, 0.1) is 11.3 Å². The summed E-state index contributed by atoms with van der Waals surface area (Å²) < 4.78 is 0. The molecule has 0 aromatic carbocycles. The average molecular weight is 240 g/mol. The van der Waals surface area contributed by atoms with Crippen LogP contribution in [0.1, 0.15) is 59.3 Å². The first kappa shape index (κ1) is 14.5. The maximum atomic E-state index is 12.3. The molecular formula is C14H28N2O. The predicted molar refractivity (Wildman–Crippen MR) is 71.6 cm³/mol. The zero-order valence-corrected chi connectivity index (χ0v) is 11.6. The molecule has 0 aromatic rings. The smallest absolute Gasteiger partial charge is 0.227 e. The molecule has 0 spiro atoms. The Kier molecular flexibility index (Phi) is 5.44. The molecule has 17 heavy (non-hydrogen) atoms. The number of nitrogens with two attached hydrogens (primary N) is 1. The minimum atomic E-state index is -0.354. The van der Waals surface area contributed by atoms with E-state index in [-0.39, 0.29) is 11.3 Å². The fourth-order valence-corrected chi connectivity index (χ4v) is 2.89. The van der Waals surface area contributed by atoms with Gasteiger partial charge in [-0.25, -0.2) is 0 Å². The van der Waals surface area contributed by atoms with Gasteiger partial charge in [-0.2, -0.15) is 0 Å². The van der Waals surface area contributed by atoms with Gasteiger partial charge in [0.15, 0.2) is 0 Å². The third kappa shape index (κ3) is 3.21. The quantitative estimate of drug-likeness (QED) is 0.749. The second-order valence-electron chi connectivity index (χ2n) is 5.50. The van der Waals surface area contributed by atoms with Gasteiger partial charge in [-0.05, 0) is 38.5 Å². The highest BCUT2D eigenvalue weighted by Crippen LogP contribution is 2.29. The van der Waals surface area contributed by atoms with Gasteiger partial charge in [-0.3, -0.25) is 4.79 Å². The normalized spacial score (nSPS) is 19.3. The first-order chi connectivity index (χ1) is 8.09. The molecule has 1 aliphatic rings. The maximum absolute atomic E-state index is 12.3. The molecule has 1 atom stereocenters. The van der Waals surface area contributed by atoms with Gasteiger partial charge in [-0.15, -0.1) is 0 Å². The second kappa shape index (κ2) is 6.39. The molecule has 0 bridgehead atoms. The van der Waals surface area contributed by atoms with Crippen LogP contribution in [0.2, 0.25) is 0 Å². The van der Waals surface area contributed by atoms with E-state index in [2.05, 4.69) is 26.1 Å². The van der Waals surface area contributed by atoms with Gasteiger partial charge < -0.3 is 11.1 Å². The molecule has 3 heteroatoms. The van der Waals surface area contributed by atoms with Crippen LogP contribution in [0.15, 0.2) is 0 Å². The van der Waals surface area contributed by atoms with Crippen molar-refractivity contribution in [2.45, 2.75) is 65.3 Å². The van der Waals surface area contributed by atoms with E-state index in [9.17, 15) is 4.79 Å². The molecule has 0 saturated heterocycles. The SMILES string of the molecule is CCC(CC)(CN)C(=O)N[C@@H](C)C1CCCC1. The highest BCUT2D eigenvalue weighted by atomic mass is 16.2. The van der Waals surface area contributed by atoms with E-state index in [0.717, 1.165) is 12.8 Å². The van der Waals surface area contributed by atoms with Crippen molar-refractivity contribution in [1.29, 1.82) is 0 Å². The first-order valence-electron chi connectivity index (χ1n) is 7.10. The van der Waals surface area contributed by atoms with Crippen molar-refractivity contribution in [1.82, 2.24) is 5.32 Å². The Balaban J connectivity index is 2.56. The van der Waals surface area contributed by atoms with Gasteiger partial charge in [0.2, 0.25) is 5.91 Å². The van der Waals surface area contributed by atoms with Crippen LogP contribution in [-0.4, -0.2) is 18.5 Å². The molecule has 0 heterocycles. The van der Waals surface area contributed by atoms with Gasteiger partial charge in [0.1, 0.15) is 0 Å². The highest BCUT2D eigenvalue weighted by Gasteiger charge is 2.35. The number of hydrogen-bond acceptors (Lipinski definition) is 2. The van der Waals surface area contributed by atoms with Crippen molar-refractivity contribution in [3.05, 3.63) is 0 Å². The molecule has 1 fully saturated rings. The van der Waals surface area contributed by atoms with Gasteiger partial charge >= 0.3 is 0 Å². The summed E-state index contributed by atoms with van der Waals surface area (Å²) in [6.07, 6.45) is 6.79. The minimum absolute atomic E-state index is 0.157. The molecule has 1 aliphatic carbocycles. The van der Waals surface area contributed by atoms with Crippen LogP contribution in [0.25, 0.3) is 0 Å². The average Bonchev–Trinajstić information content (AvgIpc) is 2.85. The third-order valence-corrected chi connectivity index (χ3v) is 4.69. The summed E-state index contributed by atoms with van der Waals surface area (Å²) in [6, 6.07) is 0.300. The number of nitrogens with one attached hydrogen (secondary N) is 1. The van der Waals surface area contributed by atoms with Crippen molar-refractivity contribution < 1.29 is 4.79 Å². The Bertz CT molecular complexity index is 234. The van der Waals surface area contributed by atoms with Crippen LogP contribution in [0.5, 0.6) is 0 Å². The molecule has 0 unspecified atom stereocenters. The highest BCUT2D eigenvalue weighted by molar-refractivity contribution is 5.83. The van der Waals surface area contributed by atoms with Crippen molar-refractivity contribution >= 4 is 5.91 Å². The van der Waals surface area contributed by atoms with E-state index in [0.29, 0.717) is 18.5 Å². The Hall–Kier alpha value is -0.570. The fourth-order valence-electron chi connectivity index (χ4n) is 2.89. The van der Waals surface area contributed by atoms with Crippen molar-refractivity contribution in [3.8, 4) is 0 Å². The van der Waals surface area contributed by atoms with Crippen LogP contribution in [0.3, 0.4) is 0 Å². The summed E-state index contributed by atoms with van der Waals surface area (Å²) in [7, 11) is 0. The van der Waals surface area contributed by atoms with E-state index in [1.54, 1.807) is 0 Å². The summed E-state index contributed by atoms with van der Waals surface area (Å²) in [6.45, 7) is 6.69. The summed E-state index contributed by atoms with van der Waals surface area (Å²) in [5.74, 6) is 0.826. The van der Waals surface area contributed by atoms with E-state index in [1.165, 1.54) is 25.7 Å². The molecule has 1 rings (SSSR count). The predicted octanol–water partition coefficient (Wildman–Crippen LogP) is 2.45. The van der Waals surface area contributed by atoms with Gasteiger partial charge in [-0.1, -0.05) is 26.7 Å². The summed E-state index contributed by atoms with van der Waals surface area (Å²) in [4.78, 5) is 12.3. The molecular weight excluding hydrogens is 212 g/mol. The lowest BCUT2D eigenvalue weighted by atomic mass is 9.81. The molecule has 1 amide bonds. The van der Waals surface area contributed by atoms with E-state index in [1.807, 2.05) is 0 Å². The minimum Gasteiger partial charge on any atom is -0.353 e. The van der Waals surface area contributed by atoms with Gasteiger partial charge in [0, 0.05) is 12.6 Å². The first-order valence-corrected chi connectivity index (χ1v) is 7.10. The lowest BCUT2D eigenvalue weighted by Gasteiger charge is -2.31. The van der Waals surface area contributed by atoms with Crippen LogP contribution in [-0.2, 0) is 4.79 Å². The number of carbonyl (C=O) groups excluding carboxylic acids is 1. The second-order valence-corrected chi connectivity index (χ2v) is 5.50. The zero-order chi connectivity index (χ0) is 12.9. The van der Waals surface area contributed by atoms with Crippen molar-refractivity contribution in [2.24, 2.45) is 17.1 Å². The molecule has 0 aliphatic heterocycles. The molecule has 3 nitrogen and oxygen atoms in total. The van der Waals surface area contributed by atoms with Gasteiger partial charge in [0.25, 0.3) is 0 Å². The maximum Gasteiger partial charge on any atom is 0.227 e. The zero-order valence-electron chi connectivity index (χ0n) is 11.6. The summed E-state index contributed by atoms with van der Waals surface area (Å²) in [5.41, 5.74) is 5.44. The van der Waals surface area contributed by atoms with E-state index < -0.39 is 0 Å². The molecule has 0 aromatic heterocycles. The van der Waals surface area contributed by atoms with Crippen LogP contribution < -0.4 is 11.1 Å². The van der Waals surface area contributed by atoms with Gasteiger partial charge in [0.05, 0.1) is 5.41 Å². The lowest BCUT2D eigenvalue weighted by Crippen LogP contribution is -2.49. The number of hydrogen-bond donors (Lipinski definition) is 2. The van der Waals surface area contributed by atoms with Crippen LogP contribution in [0.4, 0.5) is 0 Å². The van der Waals surface area contributed by atoms with Crippen molar-refractivity contribution in [2.75, 3.05) is 6.54 Å². The monoisotopic (exact) mass is 240 g/mol. The third-order valence-electron chi connectivity index (χ3n) is 4.69. The largest absolute Gasteiger partial charge is 0.353 e. The summed E-state index contributed by atoms with van der Waals surface area (Å²) >= 11 is 0. The molecule has 1 saturated carbocycles. The Morgan fingerprint density at radius 2 is 1.88 bits per heavy atom. The molecule has 0 radical (unpaired) electrons. The van der Waals surface area contributed by atoms with E-state index >= 15 is 0 Å². The Morgan fingerprint density at radius 1 is 1.35 bits per heavy atom. The van der Waals surface area contributed by atoms with Crippen molar-refractivity contribution in [3.63, 3.8) is 0 Å². The Morgan fingerprint density at radius 3 is 2.29 bits per heavy atom. The number of carbonyl (C=O) groups is 1. The van der Waals surface area contributed by atoms with Crippen LogP contribution >= 0.6 is 0 Å². The van der Waals surface area contributed by atoms with E-state index in [4.69, 9.17) is 5.73 Å².